The zero-order valence-electron chi connectivity index (χ0n) is 18.3. The molecule has 0 amide bonds. The minimum atomic E-state index is -3.91. The molecule has 12 heteroatoms. The molecule has 0 bridgehead atoms. The van der Waals surface area contributed by atoms with Gasteiger partial charge in [0, 0.05) is 25.3 Å². The van der Waals surface area contributed by atoms with Crippen LogP contribution in [0.15, 0.2) is 69.7 Å². The summed E-state index contributed by atoms with van der Waals surface area (Å²) in [5.74, 6) is 0.166. The van der Waals surface area contributed by atoms with Crippen LogP contribution in [0.3, 0.4) is 0 Å². The van der Waals surface area contributed by atoms with Crippen LogP contribution in [0.5, 0.6) is 11.9 Å². The Balaban J connectivity index is 1.70. The third kappa shape index (κ3) is 6.37. The van der Waals surface area contributed by atoms with E-state index in [1.807, 2.05) is 24.1 Å². The van der Waals surface area contributed by atoms with Crippen LogP contribution in [-0.2, 0) is 10.0 Å². The summed E-state index contributed by atoms with van der Waals surface area (Å²) in [6.07, 6.45) is 0. The van der Waals surface area contributed by atoms with Gasteiger partial charge in [-0.3, -0.25) is 4.72 Å². The van der Waals surface area contributed by atoms with Crippen molar-refractivity contribution in [3.8, 4) is 11.9 Å². The number of nitrogens with one attached hydrogen (secondary N) is 1. The highest BCUT2D eigenvalue weighted by Crippen LogP contribution is 2.24. The number of benzene rings is 2. The average molecular weight is 473 g/mol. The van der Waals surface area contributed by atoms with Crippen molar-refractivity contribution in [2.45, 2.75) is 4.90 Å². The van der Waals surface area contributed by atoms with Crippen LogP contribution in [-0.4, -0.2) is 57.9 Å². The summed E-state index contributed by atoms with van der Waals surface area (Å²) >= 11 is 0. The quantitative estimate of drug-likeness (QED) is 0.429. The summed E-state index contributed by atoms with van der Waals surface area (Å²) in [6.45, 7) is 0.601. The van der Waals surface area contributed by atoms with E-state index < -0.39 is 10.0 Å². The van der Waals surface area contributed by atoms with E-state index in [4.69, 9.17) is 14.6 Å². The maximum atomic E-state index is 12.7. The van der Waals surface area contributed by atoms with Crippen LogP contribution in [0.25, 0.3) is 0 Å². The molecule has 2 N–H and O–H groups in total. The zero-order valence-corrected chi connectivity index (χ0v) is 19.2. The van der Waals surface area contributed by atoms with Crippen molar-refractivity contribution in [3.63, 3.8) is 0 Å². The van der Waals surface area contributed by atoms with Crippen LogP contribution in [0.2, 0.25) is 0 Å². The van der Waals surface area contributed by atoms with E-state index >= 15 is 0 Å². The summed E-state index contributed by atoms with van der Waals surface area (Å²) in [5, 5.41) is 17.3. The van der Waals surface area contributed by atoms with Gasteiger partial charge >= 0.3 is 6.01 Å². The number of likely N-dealkylation sites (N-methyl/N-ethyl adjacent to an activating group) is 1. The van der Waals surface area contributed by atoms with Gasteiger partial charge in [-0.2, -0.15) is 20.2 Å². The van der Waals surface area contributed by atoms with Gasteiger partial charge in [0.15, 0.2) is 5.82 Å². The van der Waals surface area contributed by atoms with Crippen molar-refractivity contribution in [1.82, 2.24) is 9.97 Å². The lowest BCUT2D eigenvalue weighted by Gasteiger charge is -2.17. The van der Waals surface area contributed by atoms with Crippen LogP contribution in [0, 0.1) is 0 Å². The minimum absolute atomic E-state index is 0.00976. The molecule has 174 valence electrons. The Morgan fingerprint density at radius 1 is 0.970 bits per heavy atom. The Bertz CT molecular complexity index is 1180. The second-order valence-corrected chi connectivity index (χ2v) is 8.43. The number of sulfonamides is 1. The molecule has 0 atom stereocenters. The molecule has 33 heavy (non-hydrogen) atoms. The molecule has 0 aliphatic rings. The Kier molecular flexibility index (Phi) is 7.74. The Hall–Kier alpha value is -3.77. The van der Waals surface area contributed by atoms with E-state index in [1.165, 1.54) is 32.4 Å². The molecule has 3 aromatic rings. The van der Waals surface area contributed by atoms with Gasteiger partial charge in [0.05, 0.1) is 37.1 Å². The molecular weight excluding hydrogens is 448 g/mol. The van der Waals surface area contributed by atoms with E-state index in [-0.39, 0.29) is 29.2 Å². The smallest absolute Gasteiger partial charge is 0.321 e. The van der Waals surface area contributed by atoms with Gasteiger partial charge in [0.2, 0.25) is 5.88 Å². The molecule has 1 heterocycles. The van der Waals surface area contributed by atoms with E-state index in [9.17, 15) is 8.42 Å². The number of hydrogen-bond donors (Lipinski definition) is 2. The first kappa shape index (κ1) is 23.9. The van der Waals surface area contributed by atoms with Gasteiger partial charge in [0.1, 0.15) is 0 Å². The summed E-state index contributed by atoms with van der Waals surface area (Å²) < 4.78 is 37.7. The van der Waals surface area contributed by atoms with Crippen molar-refractivity contribution in [3.05, 3.63) is 54.6 Å². The molecule has 2 aromatic carbocycles. The zero-order chi connectivity index (χ0) is 23.8. The highest BCUT2D eigenvalue weighted by molar-refractivity contribution is 7.92. The van der Waals surface area contributed by atoms with Gasteiger partial charge in [-0.15, -0.1) is 0 Å². The largest absolute Gasteiger partial charge is 0.481 e. The molecule has 3 rings (SSSR count). The van der Waals surface area contributed by atoms with E-state index in [1.54, 1.807) is 24.3 Å². The fourth-order valence-corrected chi connectivity index (χ4v) is 3.70. The van der Waals surface area contributed by atoms with Crippen molar-refractivity contribution in [2.75, 3.05) is 44.0 Å². The molecule has 11 nitrogen and oxygen atoms in total. The molecule has 0 aliphatic carbocycles. The minimum Gasteiger partial charge on any atom is -0.481 e. The first-order valence-corrected chi connectivity index (χ1v) is 11.3. The van der Waals surface area contributed by atoms with Crippen molar-refractivity contribution < 1.29 is 23.0 Å². The summed E-state index contributed by atoms with van der Waals surface area (Å²) in [4.78, 5) is 9.83. The molecule has 0 saturated heterocycles. The lowest BCUT2D eigenvalue weighted by molar-refractivity contribution is 0.304. The predicted octanol–water partition coefficient (Wildman–Crippen LogP) is 3.14. The lowest BCUT2D eigenvalue weighted by atomic mass is 10.2. The number of aliphatic hydroxyl groups excluding tert-OH is 1. The van der Waals surface area contributed by atoms with Crippen LogP contribution in [0.4, 0.5) is 22.9 Å². The highest BCUT2D eigenvalue weighted by atomic mass is 32.2. The Morgan fingerprint density at radius 3 is 2.12 bits per heavy atom. The fourth-order valence-electron chi connectivity index (χ4n) is 2.71. The van der Waals surface area contributed by atoms with E-state index in [2.05, 4.69) is 24.9 Å². The second kappa shape index (κ2) is 10.7. The Labute approximate surface area is 191 Å². The first-order valence-electron chi connectivity index (χ1n) is 9.78. The van der Waals surface area contributed by atoms with Gasteiger partial charge in [0.25, 0.3) is 10.0 Å². The monoisotopic (exact) mass is 472 g/mol. The molecule has 0 unspecified atom stereocenters. The number of hydrogen-bond acceptors (Lipinski definition) is 10. The number of anilines is 2. The number of azo groups is 1. The normalized spacial score (nSPS) is 11.4. The van der Waals surface area contributed by atoms with Crippen LogP contribution >= 0.6 is 0 Å². The maximum absolute atomic E-state index is 12.7. The van der Waals surface area contributed by atoms with Crippen LogP contribution in [0.1, 0.15) is 0 Å². The number of ether oxygens (including phenoxy) is 2. The number of rotatable bonds is 10. The topological polar surface area (TPSA) is 139 Å². The SMILES string of the molecule is COc1cc(NS(=O)(=O)c2ccc(N=Nc3ccc(N(C)CCO)cc3)cc2)nc(OC)n1. The van der Waals surface area contributed by atoms with Crippen molar-refractivity contribution in [1.29, 1.82) is 0 Å². The average Bonchev–Trinajstić information content (AvgIpc) is 2.83. The summed E-state index contributed by atoms with van der Waals surface area (Å²) in [5.41, 5.74) is 2.07. The van der Waals surface area contributed by atoms with Crippen molar-refractivity contribution in [2.24, 2.45) is 10.2 Å². The number of methoxy groups -OCH3 is 2. The molecule has 0 aliphatic heterocycles. The Morgan fingerprint density at radius 2 is 1.58 bits per heavy atom. The summed E-state index contributed by atoms with van der Waals surface area (Å²) in [6, 6.07) is 14.6. The molecular formula is C21H24N6O5S. The van der Waals surface area contributed by atoms with E-state index in [0.717, 1.165) is 5.69 Å². The second-order valence-electron chi connectivity index (χ2n) is 6.74. The van der Waals surface area contributed by atoms with Crippen LogP contribution < -0.4 is 19.1 Å². The number of aliphatic hydroxyl groups is 1. The van der Waals surface area contributed by atoms with Gasteiger partial charge in [-0.05, 0) is 48.5 Å². The van der Waals surface area contributed by atoms with Gasteiger partial charge in [-0.25, -0.2) is 8.42 Å². The molecule has 1 aromatic heterocycles. The van der Waals surface area contributed by atoms with E-state index in [0.29, 0.717) is 17.9 Å². The molecule has 0 radical (unpaired) electrons. The third-order valence-corrected chi connectivity index (χ3v) is 5.84. The number of nitrogens with zero attached hydrogens (tertiary/aromatic N) is 5. The van der Waals surface area contributed by atoms with Crippen molar-refractivity contribution >= 4 is 32.9 Å². The summed E-state index contributed by atoms with van der Waals surface area (Å²) in [7, 11) is 0.739. The highest BCUT2D eigenvalue weighted by Gasteiger charge is 2.17. The predicted molar refractivity (Wildman–Crippen MR) is 123 cm³/mol. The standard InChI is InChI=1S/C21H24N6O5S/c1-27(12-13-28)17-8-4-15(5-9-17)24-25-16-6-10-18(11-7-16)33(29,30)26-19-14-20(31-2)23-21(22-19)32-3/h4-11,14,28H,12-13H2,1-3H3,(H,22,23,26). The first-order chi connectivity index (χ1) is 15.8. The number of aromatic nitrogens is 2. The van der Waals surface area contributed by atoms with Gasteiger partial charge in [-0.1, -0.05) is 0 Å². The van der Waals surface area contributed by atoms with Gasteiger partial charge < -0.3 is 19.5 Å². The third-order valence-electron chi connectivity index (χ3n) is 4.47. The fraction of sp³-hybridized carbons (Fsp3) is 0.238. The molecule has 0 saturated carbocycles. The molecule has 0 fully saturated rings. The lowest BCUT2D eigenvalue weighted by Crippen LogP contribution is -2.20. The maximum Gasteiger partial charge on any atom is 0.321 e. The molecule has 0 spiro atoms.